The van der Waals surface area contributed by atoms with Crippen LogP contribution in [-0.2, 0) is 16.4 Å². The van der Waals surface area contributed by atoms with Crippen LogP contribution in [0.15, 0.2) is 23.2 Å². The Labute approximate surface area is 171 Å². The zero-order chi connectivity index (χ0) is 17.5. The van der Waals surface area contributed by atoms with E-state index < -0.39 is 9.84 Å². The van der Waals surface area contributed by atoms with Crippen LogP contribution in [-0.4, -0.2) is 51.4 Å². The molecule has 0 aliphatic rings. The summed E-state index contributed by atoms with van der Waals surface area (Å²) in [5.41, 5.74) is 1.02. The summed E-state index contributed by atoms with van der Waals surface area (Å²) in [5.74, 6) is 0.874. The van der Waals surface area contributed by atoms with Crippen molar-refractivity contribution in [1.29, 1.82) is 0 Å². The van der Waals surface area contributed by atoms with Crippen molar-refractivity contribution >= 4 is 63.0 Å². The number of benzene rings is 1. The number of nitrogens with zero attached hydrogens (tertiary/aromatic N) is 2. The van der Waals surface area contributed by atoms with Crippen molar-refractivity contribution in [3.63, 3.8) is 0 Å². The minimum absolute atomic E-state index is 0. The lowest BCUT2D eigenvalue weighted by Crippen LogP contribution is -2.38. The average Bonchev–Trinajstić information content (AvgIpc) is 2.45. The van der Waals surface area contributed by atoms with Crippen LogP contribution < -0.4 is 5.32 Å². The second-order valence-electron chi connectivity index (χ2n) is 5.32. The molecule has 138 valence electrons. The molecule has 0 saturated carbocycles. The van der Waals surface area contributed by atoms with Crippen molar-refractivity contribution < 1.29 is 8.42 Å². The Balaban J connectivity index is 0.00000529. The van der Waals surface area contributed by atoms with Gasteiger partial charge in [0.2, 0.25) is 0 Å². The standard InChI is InChI=1S/C15H23Cl2N3O2S.HI/c1-4-18-15(19-8-5-9-23(3,21)22)20(2)11-12-6-7-13(16)14(17)10-12;/h6-7,10H,4-5,8-9,11H2,1-3H3,(H,18,19);1H. The Morgan fingerprint density at radius 3 is 2.50 bits per heavy atom. The van der Waals surface area contributed by atoms with Gasteiger partial charge in [-0.25, -0.2) is 8.42 Å². The first-order valence-electron chi connectivity index (χ1n) is 7.34. The fraction of sp³-hybridized carbons (Fsp3) is 0.533. The van der Waals surface area contributed by atoms with E-state index in [1.165, 1.54) is 6.26 Å². The van der Waals surface area contributed by atoms with Gasteiger partial charge in [-0.15, -0.1) is 24.0 Å². The van der Waals surface area contributed by atoms with Crippen LogP contribution in [0, 0.1) is 0 Å². The number of hydrogen-bond acceptors (Lipinski definition) is 3. The summed E-state index contributed by atoms with van der Waals surface area (Å²) < 4.78 is 22.3. The SMILES string of the molecule is CCNC(=NCCCS(C)(=O)=O)N(C)Cc1ccc(Cl)c(Cl)c1.I. The lowest BCUT2D eigenvalue weighted by molar-refractivity contribution is 0.477. The minimum atomic E-state index is -2.94. The molecule has 9 heteroatoms. The van der Waals surface area contributed by atoms with E-state index in [0.29, 0.717) is 29.6 Å². The van der Waals surface area contributed by atoms with Crippen molar-refractivity contribution in [3.8, 4) is 0 Å². The summed E-state index contributed by atoms with van der Waals surface area (Å²) in [6, 6.07) is 5.51. The molecule has 1 aromatic rings. The van der Waals surface area contributed by atoms with Gasteiger partial charge in [0.25, 0.3) is 0 Å². The highest BCUT2D eigenvalue weighted by atomic mass is 127. The third-order valence-electron chi connectivity index (χ3n) is 3.04. The van der Waals surface area contributed by atoms with Gasteiger partial charge in [-0.2, -0.15) is 0 Å². The molecule has 24 heavy (non-hydrogen) atoms. The zero-order valence-corrected chi connectivity index (χ0v) is 18.7. The highest BCUT2D eigenvalue weighted by Gasteiger charge is 2.08. The van der Waals surface area contributed by atoms with Crippen LogP contribution in [0.4, 0.5) is 0 Å². The van der Waals surface area contributed by atoms with Gasteiger partial charge in [-0.05, 0) is 31.0 Å². The Morgan fingerprint density at radius 2 is 1.96 bits per heavy atom. The lowest BCUT2D eigenvalue weighted by atomic mass is 10.2. The van der Waals surface area contributed by atoms with Gasteiger partial charge in [-0.1, -0.05) is 29.3 Å². The van der Waals surface area contributed by atoms with Crippen molar-refractivity contribution in [2.45, 2.75) is 19.9 Å². The number of hydrogen-bond donors (Lipinski definition) is 1. The molecule has 0 aromatic heterocycles. The number of aliphatic imine (C=N–C) groups is 1. The summed E-state index contributed by atoms with van der Waals surface area (Å²) in [6.07, 6.45) is 1.74. The van der Waals surface area contributed by atoms with E-state index in [9.17, 15) is 8.42 Å². The number of sulfone groups is 1. The van der Waals surface area contributed by atoms with E-state index in [1.54, 1.807) is 6.07 Å². The summed E-state index contributed by atoms with van der Waals surface area (Å²) in [5, 5.41) is 4.24. The second kappa shape index (κ2) is 11.4. The molecule has 0 saturated heterocycles. The predicted molar refractivity (Wildman–Crippen MR) is 114 cm³/mol. The molecular formula is C15H24Cl2IN3O2S. The fourth-order valence-electron chi connectivity index (χ4n) is 1.97. The molecule has 0 fully saturated rings. The van der Waals surface area contributed by atoms with Gasteiger partial charge in [0.15, 0.2) is 5.96 Å². The summed E-state index contributed by atoms with van der Waals surface area (Å²) in [6.45, 7) is 3.80. The lowest BCUT2D eigenvalue weighted by Gasteiger charge is -2.22. The molecule has 1 aromatic carbocycles. The molecule has 0 aliphatic carbocycles. The summed E-state index contributed by atoms with van der Waals surface area (Å²) in [4.78, 5) is 6.42. The van der Waals surface area contributed by atoms with Gasteiger partial charge in [0.05, 0.1) is 15.8 Å². The van der Waals surface area contributed by atoms with E-state index >= 15 is 0 Å². The molecule has 0 amide bonds. The Bertz CT molecular complexity index is 654. The molecule has 1 rings (SSSR count). The van der Waals surface area contributed by atoms with Crippen LogP contribution in [0.3, 0.4) is 0 Å². The Morgan fingerprint density at radius 1 is 1.29 bits per heavy atom. The van der Waals surface area contributed by atoms with Crippen molar-refractivity contribution in [1.82, 2.24) is 10.2 Å². The van der Waals surface area contributed by atoms with Crippen LogP contribution in [0.5, 0.6) is 0 Å². The van der Waals surface area contributed by atoms with Crippen LogP contribution in [0.25, 0.3) is 0 Å². The van der Waals surface area contributed by atoms with Crippen LogP contribution >= 0.6 is 47.2 Å². The van der Waals surface area contributed by atoms with Crippen LogP contribution in [0.2, 0.25) is 10.0 Å². The minimum Gasteiger partial charge on any atom is -0.357 e. The van der Waals surface area contributed by atoms with E-state index in [4.69, 9.17) is 23.2 Å². The topological polar surface area (TPSA) is 61.8 Å². The largest absolute Gasteiger partial charge is 0.357 e. The molecule has 0 heterocycles. The molecule has 0 bridgehead atoms. The number of halogens is 3. The molecule has 0 unspecified atom stereocenters. The maximum Gasteiger partial charge on any atom is 0.193 e. The van der Waals surface area contributed by atoms with E-state index in [-0.39, 0.29) is 29.7 Å². The predicted octanol–water partition coefficient (Wildman–Crippen LogP) is 3.44. The first kappa shape index (κ1) is 23.8. The Hall–Kier alpha value is -0.250. The summed E-state index contributed by atoms with van der Waals surface area (Å²) in [7, 11) is -1.03. The van der Waals surface area contributed by atoms with Gasteiger partial charge < -0.3 is 10.2 Å². The summed E-state index contributed by atoms with van der Waals surface area (Å²) >= 11 is 11.9. The molecule has 1 N–H and O–H groups in total. The quantitative estimate of drug-likeness (QED) is 0.266. The van der Waals surface area contributed by atoms with Gasteiger partial charge in [0, 0.05) is 32.9 Å². The zero-order valence-electron chi connectivity index (χ0n) is 14.1. The monoisotopic (exact) mass is 507 g/mol. The molecular weight excluding hydrogens is 484 g/mol. The van der Waals surface area contributed by atoms with E-state index in [0.717, 1.165) is 18.1 Å². The number of guanidine groups is 1. The normalized spacial score (nSPS) is 11.8. The number of rotatable bonds is 7. The molecule has 0 atom stereocenters. The maximum atomic E-state index is 11.1. The molecule has 0 aliphatic heterocycles. The highest BCUT2D eigenvalue weighted by Crippen LogP contribution is 2.23. The van der Waals surface area contributed by atoms with Gasteiger partial charge >= 0.3 is 0 Å². The highest BCUT2D eigenvalue weighted by molar-refractivity contribution is 14.0. The fourth-order valence-corrected chi connectivity index (χ4v) is 2.94. The first-order chi connectivity index (χ1) is 10.7. The van der Waals surface area contributed by atoms with E-state index in [1.807, 2.05) is 31.0 Å². The molecule has 5 nitrogen and oxygen atoms in total. The average molecular weight is 508 g/mol. The third kappa shape index (κ3) is 9.29. The van der Waals surface area contributed by atoms with Gasteiger partial charge in [-0.3, -0.25) is 4.99 Å². The number of nitrogens with one attached hydrogen (secondary N) is 1. The van der Waals surface area contributed by atoms with Gasteiger partial charge in [0.1, 0.15) is 9.84 Å². The van der Waals surface area contributed by atoms with Crippen molar-refractivity contribution in [3.05, 3.63) is 33.8 Å². The Kier molecular flexibility index (Phi) is 11.3. The van der Waals surface area contributed by atoms with Crippen molar-refractivity contribution in [2.75, 3.05) is 32.1 Å². The molecule has 0 radical (unpaired) electrons. The first-order valence-corrected chi connectivity index (χ1v) is 10.2. The smallest absolute Gasteiger partial charge is 0.193 e. The second-order valence-corrected chi connectivity index (χ2v) is 8.40. The third-order valence-corrected chi connectivity index (χ3v) is 4.80. The van der Waals surface area contributed by atoms with E-state index in [2.05, 4.69) is 10.3 Å². The maximum absolute atomic E-state index is 11.1. The van der Waals surface area contributed by atoms with Crippen molar-refractivity contribution in [2.24, 2.45) is 4.99 Å². The molecule has 0 spiro atoms. The van der Waals surface area contributed by atoms with Crippen LogP contribution in [0.1, 0.15) is 18.9 Å².